The maximum Gasteiger partial charge on any atom is 0.0460 e. The van der Waals surface area contributed by atoms with Gasteiger partial charge in [-0.2, -0.15) is 0 Å². The van der Waals surface area contributed by atoms with Crippen molar-refractivity contribution in [3.8, 4) is 0 Å². The fourth-order valence-electron chi connectivity index (χ4n) is 2.75. The second-order valence-electron chi connectivity index (χ2n) is 6.19. The standard InChI is InChI=1S/C10H10.C7H16N2.2C2H6/c1-2-6-10-8-4-3-7-9(10)5-1;1-6-4-7(2,3)9-5-8-6;2*1-2/h1-3,5-7H,4,8H2;6,8-9H,4-5H2,1-3H3;2*1-2H3. The van der Waals surface area contributed by atoms with Crippen molar-refractivity contribution in [1.82, 2.24) is 10.6 Å². The SMILES string of the molecule is C1=Cc2ccccc2CC1.CC.CC.CC1CC(C)(C)NCN1. The molecule has 1 aromatic carbocycles. The van der Waals surface area contributed by atoms with Crippen molar-refractivity contribution in [3.63, 3.8) is 0 Å². The summed E-state index contributed by atoms with van der Waals surface area (Å²) in [6.07, 6.45) is 8.08. The molecule has 0 aromatic heterocycles. The molecule has 0 amide bonds. The Morgan fingerprint density at radius 1 is 1.04 bits per heavy atom. The van der Waals surface area contributed by atoms with Gasteiger partial charge in [0, 0.05) is 18.2 Å². The molecular weight excluding hydrogens is 280 g/mol. The monoisotopic (exact) mass is 318 g/mol. The van der Waals surface area contributed by atoms with E-state index in [1.54, 1.807) is 0 Å². The van der Waals surface area contributed by atoms with Gasteiger partial charge in [0.2, 0.25) is 0 Å². The Hall–Kier alpha value is -1.12. The Labute approximate surface area is 144 Å². The molecule has 3 rings (SSSR count). The van der Waals surface area contributed by atoms with E-state index in [1.165, 1.54) is 30.4 Å². The minimum Gasteiger partial charge on any atom is -0.302 e. The summed E-state index contributed by atoms with van der Waals surface area (Å²) in [5.74, 6) is 0. The number of fused-ring (bicyclic) bond motifs is 1. The summed E-state index contributed by atoms with van der Waals surface area (Å²) in [6.45, 7) is 15.7. The van der Waals surface area contributed by atoms with E-state index in [-0.39, 0.29) is 0 Å². The van der Waals surface area contributed by atoms with Crippen LogP contribution in [0.4, 0.5) is 0 Å². The van der Waals surface area contributed by atoms with Crippen LogP contribution in [-0.2, 0) is 6.42 Å². The third kappa shape index (κ3) is 8.92. The maximum absolute atomic E-state index is 3.38. The number of nitrogens with one attached hydrogen (secondary N) is 2. The molecule has 1 unspecified atom stereocenters. The average molecular weight is 319 g/mol. The van der Waals surface area contributed by atoms with Gasteiger partial charge in [0.05, 0.1) is 0 Å². The van der Waals surface area contributed by atoms with Gasteiger partial charge in [-0.1, -0.05) is 64.1 Å². The predicted molar refractivity (Wildman–Crippen MR) is 106 cm³/mol. The molecule has 1 aliphatic heterocycles. The minimum absolute atomic E-state index is 0.338. The summed E-state index contributed by atoms with van der Waals surface area (Å²) in [6, 6.07) is 9.25. The fraction of sp³-hybridized carbons (Fsp3) is 0.619. The number of hydrogen-bond acceptors (Lipinski definition) is 2. The normalized spacial score (nSPS) is 20.4. The van der Waals surface area contributed by atoms with Gasteiger partial charge in [-0.05, 0) is 51.2 Å². The van der Waals surface area contributed by atoms with E-state index < -0.39 is 0 Å². The van der Waals surface area contributed by atoms with E-state index in [1.807, 2.05) is 27.7 Å². The van der Waals surface area contributed by atoms with Crippen molar-refractivity contribution in [2.45, 2.75) is 79.3 Å². The number of aryl methyl sites for hydroxylation is 1. The highest BCUT2D eigenvalue weighted by Gasteiger charge is 2.23. The van der Waals surface area contributed by atoms with E-state index in [2.05, 4.69) is 67.8 Å². The first-order chi connectivity index (χ1) is 11.1. The molecule has 23 heavy (non-hydrogen) atoms. The van der Waals surface area contributed by atoms with Crippen molar-refractivity contribution in [2.24, 2.45) is 0 Å². The summed E-state index contributed by atoms with van der Waals surface area (Å²) in [5, 5.41) is 6.70. The van der Waals surface area contributed by atoms with Crippen molar-refractivity contribution in [3.05, 3.63) is 41.5 Å². The largest absolute Gasteiger partial charge is 0.302 e. The molecule has 1 aliphatic carbocycles. The fourth-order valence-corrected chi connectivity index (χ4v) is 2.75. The molecule has 2 aliphatic rings. The second-order valence-corrected chi connectivity index (χ2v) is 6.19. The number of rotatable bonds is 0. The van der Waals surface area contributed by atoms with Gasteiger partial charge in [0.1, 0.15) is 0 Å². The lowest BCUT2D eigenvalue weighted by atomic mass is 9.94. The molecule has 0 bridgehead atoms. The van der Waals surface area contributed by atoms with Crippen molar-refractivity contribution in [2.75, 3.05) is 6.67 Å². The van der Waals surface area contributed by atoms with Gasteiger partial charge in [0.25, 0.3) is 0 Å². The van der Waals surface area contributed by atoms with E-state index in [4.69, 9.17) is 0 Å². The van der Waals surface area contributed by atoms with Crippen LogP contribution in [-0.4, -0.2) is 18.2 Å². The summed E-state index contributed by atoms with van der Waals surface area (Å²) in [4.78, 5) is 0. The van der Waals surface area contributed by atoms with Crippen LogP contribution in [0.3, 0.4) is 0 Å². The first kappa shape index (κ1) is 21.9. The molecule has 0 spiro atoms. The summed E-state index contributed by atoms with van der Waals surface area (Å²) < 4.78 is 0. The molecule has 132 valence electrons. The van der Waals surface area contributed by atoms with E-state index in [0.717, 1.165) is 6.67 Å². The maximum atomic E-state index is 3.38. The summed E-state index contributed by atoms with van der Waals surface area (Å²) in [7, 11) is 0. The highest BCUT2D eigenvalue weighted by atomic mass is 15.1. The first-order valence-corrected chi connectivity index (χ1v) is 9.30. The zero-order valence-corrected chi connectivity index (χ0v) is 16.4. The molecule has 1 fully saturated rings. The van der Waals surface area contributed by atoms with Gasteiger partial charge in [-0.3, -0.25) is 5.32 Å². The lowest BCUT2D eigenvalue weighted by Crippen LogP contribution is -2.55. The van der Waals surface area contributed by atoms with Crippen LogP contribution in [0, 0.1) is 0 Å². The molecule has 0 saturated carbocycles. The Morgan fingerprint density at radius 2 is 1.70 bits per heavy atom. The zero-order chi connectivity index (χ0) is 17.7. The van der Waals surface area contributed by atoms with E-state index in [9.17, 15) is 0 Å². The van der Waals surface area contributed by atoms with E-state index in [0.29, 0.717) is 11.6 Å². The third-order valence-corrected chi connectivity index (χ3v) is 3.77. The minimum atomic E-state index is 0.338. The van der Waals surface area contributed by atoms with Crippen LogP contribution in [0.5, 0.6) is 0 Å². The van der Waals surface area contributed by atoms with Crippen LogP contribution in [0.25, 0.3) is 6.08 Å². The highest BCUT2D eigenvalue weighted by Crippen LogP contribution is 2.17. The summed E-state index contributed by atoms with van der Waals surface area (Å²) in [5.41, 5.74) is 3.23. The Kier molecular flexibility index (Phi) is 11.7. The van der Waals surface area contributed by atoms with Crippen molar-refractivity contribution in [1.29, 1.82) is 0 Å². The summed E-state index contributed by atoms with van der Waals surface area (Å²) >= 11 is 0. The van der Waals surface area contributed by atoms with Crippen LogP contribution in [0.1, 0.15) is 72.4 Å². The smallest absolute Gasteiger partial charge is 0.0460 e. The van der Waals surface area contributed by atoms with Gasteiger partial charge < -0.3 is 5.32 Å². The average Bonchev–Trinajstić information content (AvgIpc) is 2.58. The molecule has 1 heterocycles. The Balaban J connectivity index is 0.000000349. The molecule has 1 atom stereocenters. The van der Waals surface area contributed by atoms with Gasteiger partial charge in [-0.15, -0.1) is 0 Å². The van der Waals surface area contributed by atoms with Gasteiger partial charge in [0.15, 0.2) is 0 Å². The number of benzene rings is 1. The van der Waals surface area contributed by atoms with Crippen molar-refractivity contribution >= 4 is 6.08 Å². The Morgan fingerprint density at radius 3 is 2.22 bits per heavy atom. The topological polar surface area (TPSA) is 24.1 Å². The van der Waals surface area contributed by atoms with Crippen LogP contribution in [0.15, 0.2) is 30.3 Å². The van der Waals surface area contributed by atoms with Crippen LogP contribution in [0.2, 0.25) is 0 Å². The van der Waals surface area contributed by atoms with E-state index >= 15 is 0 Å². The molecule has 0 radical (unpaired) electrons. The zero-order valence-electron chi connectivity index (χ0n) is 16.4. The molecular formula is C21H38N2. The molecule has 2 nitrogen and oxygen atoms in total. The quantitative estimate of drug-likeness (QED) is 0.670. The molecule has 1 saturated heterocycles. The van der Waals surface area contributed by atoms with Gasteiger partial charge >= 0.3 is 0 Å². The Bertz CT molecular complexity index is 435. The predicted octanol–water partition coefficient (Wildman–Crippen LogP) is 5.39. The molecule has 2 heteroatoms. The van der Waals surface area contributed by atoms with Crippen LogP contribution >= 0.6 is 0 Å². The highest BCUT2D eigenvalue weighted by molar-refractivity contribution is 5.55. The lowest BCUT2D eigenvalue weighted by molar-refractivity contribution is 0.252. The van der Waals surface area contributed by atoms with Crippen molar-refractivity contribution < 1.29 is 0 Å². The lowest BCUT2D eigenvalue weighted by Gasteiger charge is -2.35. The molecule has 1 aromatic rings. The second kappa shape index (κ2) is 12.3. The molecule has 2 N–H and O–H groups in total. The van der Waals surface area contributed by atoms with Crippen LogP contribution < -0.4 is 10.6 Å². The number of hydrogen-bond donors (Lipinski definition) is 2. The first-order valence-electron chi connectivity index (χ1n) is 9.30. The third-order valence-electron chi connectivity index (χ3n) is 3.77. The van der Waals surface area contributed by atoms with Gasteiger partial charge in [-0.25, -0.2) is 0 Å². The number of allylic oxidation sites excluding steroid dienone is 1.